The Bertz CT molecular complexity index is 1560. The van der Waals surface area contributed by atoms with Crippen LogP contribution in [0.25, 0.3) is 0 Å². The van der Waals surface area contributed by atoms with Gasteiger partial charge in [-0.1, -0.05) is 100 Å². The van der Waals surface area contributed by atoms with Crippen molar-refractivity contribution in [2.45, 2.75) is 190 Å². The number of piperidine rings is 2. The van der Waals surface area contributed by atoms with Crippen LogP contribution in [0.2, 0.25) is 0 Å². The molecule has 4 fully saturated rings. The number of likely N-dealkylation sites (tertiary alicyclic amines) is 1. The van der Waals surface area contributed by atoms with Gasteiger partial charge in [0.1, 0.15) is 5.60 Å². The van der Waals surface area contributed by atoms with E-state index in [9.17, 15) is 38.4 Å². The molecule has 12 nitrogen and oxygen atoms in total. The molecule has 58 heavy (non-hydrogen) atoms. The molecule has 0 N–H and O–H groups in total. The van der Waals surface area contributed by atoms with Gasteiger partial charge >= 0.3 is 5.97 Å². The fourth-order valence-corrected chi connectivity index (χ4v) is 9.11. The number of esters is 1. The van der Waals surface area contributed by atoms with Gasteiger partial charge in [0.25, 0.3) is 0 Å². The van der Waals surface area contributed by atoms with Gasteiger partial charge in [0.2, 0.25) is 29.6 Å². The van der Waals surface area contributed by atoms with Gasteiger partial charge < -0.3 is 9.64 Å². The molecule has 3 aliphatic heterocycles. The van der Waals surface area contributed by atoms with Crippen LogP contribution in [0, 0.1) is 39.9 Å². The molecule has 4 aliphatic rings. The van der Waals surface area contributed by atoms with E-state index < -0.39 is 35.3 Å². The van der Waals surface area contributed by atoms with Crippen molar-refractivity contribution in [1.29, 1.82) is 0 Å². The van der Waals surface area contributed by atoms with Gasteiger partial charge in [0.15, 0.2) is 11.6 Å². The van der Waals surface area contributed by atoms with E-state index in [1.54, 1.807) is 4.90 Å². The van der Waals surface area contributed by atoms with Crippen LogP contribution in [-0.4, -0.2) is 87.7 Å². The number of hydrogen-bond donors (Lipinski definition) is 0. The number of hydrogen-bond acceptors (Lipinski definition) is 10. The van der Waals surface area contributed by atoms with Crippen molar-refractivity contribution in [2.75, 3.05) is 13.1 Å². The molecule has 1 saturated carbocycles. The number of aliphatic imine (C=N–C) groups is 1. The topological polar surface area (TPSA) is 165 Å². The number of fused-ring (bicyclic) bond motifs is 3. The maximum absolute atomic E-state index is 14.0. The van der Waals surface area contributed by atoms with E-state index in [1.165, 1.54) is 11.0 Å². The molecule has 6 atom stereocenters. The Labute approximate surface area is 347 Å². The number of nitrogens with zero attached hydrogens (tertiary/aromatic N) is 3. The second-order valence-electron chi connectivity index (χ2n) is 20.9. The summed E-state index contributed by atoms with van der Waals surface area (Å²) >= 11 is 0. The summed E-state index contributed by atoms with van der Waals surface area (Å²) in [5.74, 6) is -2.65. The minimum Gasteiger partial charge on any atom is -0.460 e. The number of ketones is 3. The summed E-state index contributed by atoms with van der Waals surface area (Å²) in [6.45, 7) is 21.8. The van der Waals surface area contributed by atoms with Gasteiger partial charge in [-0.25, -0.2) is 9.79 Å². The lowest BCUT2D eigenvalue weighted by Gasteiger charge is -2.37. The second-order valence-corrected chi connectivity index (χ2v) is 20.9. The van der Waals surface area contributed by atoms with Gasteiger partial charge in [-0.15, -0.1) is 0 Å². The molecule has 0 radical (unpaired) electrons. The quantitative estimate of drug-likeness (QED) is 0.0744. The van der Waals surface area contributed by atoms with Crippen molar-refractivity contribution in [3.05, 3.63) is 0 Å². The van der Waals surface area contributed by atoms with Gasteiger partial charge in [0, 0.05) is 44.1 Å². The largest absolute Gasteiger partial charge is 0.460 e. The summed E-state index contributed by atoms with van der Waals surface area (Å²) < 4.78 is 5.56. The first-order chi connectivity index (χ1) is 26.8. The number of isocyanates is 1. The maximum Gasteiger partial charge on any atom is 0.307 e. The Balaban J connectivity index is 0.000000397. The number of rotatable bonds is 9. The standard InChI is InChI=1S/C32H51NO6.C14H22N2O3/c1-7-15-24(34)29(37)21-16-13-11-9-8-10-12-14-17-22(19-26(36)39-31(2,3)4)30(38)33-20-23-27(32(23,5)6)28(33)25(35)18-21;1-13(2,3)10(15-9-17)8-16-11(18)6-14(4,5)7-12(16)19/h21-23,27-28H,7-20H2,1-6H3;10H,6-8H2,1-5H3/t21-,22-,23+,27+,28-;10-/m11/s1. The Morgan fingerprint density at radius 1 is 0.862 bits per heavy atom. The van der Waals surface area contributed by atoms with Crippen LogP contribution >= 0.6 is 0 Å². The first kappa shape index (κ1) is 48.8. The summed E-state index contributed by atoms with van der Waals surface area (Å²) in [6, 6.07) is -1.01. The molecule has 3 heterocycles. The van der Waals surface area contributed by atoms with Crippen LogP contribution in [0.1, 0.15) is 172 Å². The number of ether oxygens (including phenoxy) is 1. The molecule has 0 bridgehead atoms. The van der Waals surface area contributed by atoms with Gasteiger partial charge in [-0.3, -0.25) is 38.5 Å². The fraction of sp³-hybridized carbons (Fsp3) is 0.826. The zero-order chi connectivity index (χ0) is 43.8. The van der Waals surface area contributed by atoms with Crippen molar-refractivity contribution >= 4 is 47.1 Å². The molecule has 0 aromatic carbocycles. The minimum atomic E-state index is -0.632. The lowest BCUT2D eigenvalue weighted by Crippen LogP contribution is -2.50. The van der Waals surface area contributed by atoms with Gasteiger partial charge in [-0.2, -0.15) is 0 Å². The summed E-state index contributed by atoms with van der Waals surface area (Å²) in [4.78, 5) is 108. The number of carbonyl (C=O) groups excluding carboxylic acids is 8. The minimum absolute atomic E-state index is 0.0127. The van der Waals surface area contributed by atoms with Crippen molar-refractivity contribution in [3.63, 3.8) is 0 Å². The number of amides is 3. The first-order valence-corrected chi connectivity index (χ1v) is 21.9. The van der Waals surface area contributed by atoms with Crippen molar-refractivity contribution in [3.8, 4) is 0 Å². The fourth-order valence-electron chi connectivity index (χ4n) is 9.11. The highest BCUT2D eigenvalue weighted by Gasteiger charge is 2.69. The summed E-state index contributed by atoms with van der Waals surface area (Å²) in [5, 5.41) is 0. The lowest BCUT2D eigenvalue weighted by atomic mass is 9.80. The molecular formula is C46H73N3O9. The highest BCUT2D eigenvalue weighted by Crippen LogP contribution is 2.65. The van der Waals surface area contributed by atoms with Crippen molar-refractivity contribution in [1.82, 2.24) is 9.80 Å². The summed E-state index contributed by atoms with van der Waals surface area (Å²) in [5.41, 5.74) is -1.26. The molecule has 0 aromatic rings. The Morgan fingerprint density at radius 2 is 1.41 bits per heavy atom. The Kier molecular flexibility index (Phi) is 17.0. The average Bonchev–Trinajstić information content (AvgIpc) is 3.39. The molecule has 0 aromatic heterocycles. The summed E-state index contributed by atoms with van der Waals surface area (Å²) in [6.07, 6.45) is 11.1. The lowest BCUT2D eigenvalue weighted by molar-refractivity contribution is -0.159. The zero-order valence-electron chi connectivity index (χ0n) is 37.5. The smallest absolute Gasteiger partial charge is 0.307 e. The molecule has 326 valence electrons. The SMILES string of the molecule is CC1(C)CC(=O)N(C[C@@H](N=C=O)C(C)(C)C)C(=O)C1.CCCC(=O)C(=O)[C@@H]1CCCCCCCCC[C@H](CC(=O)OC(C)(C)C)C(=O)N2C[C@H]3[C@@H]([C@H]2C(=O)C1)C3(C)C. The predicted molar refractivity (Wildman–Crippen MR) is 221 cm³/mol. The van der Waals surface area contributed by atoms with E-state index in [1.807, 2.05) is 62.3 Å². The van der Waals surface area contributed by atoms with E-state index in [2.05, 4.69) is 18.8 Å². The monoisotopic (exact) mass is 812 g/mol. The maximum atomic E-state index is 14.0. The van der Waals surface area contributed by atoms with Crippen LogP contribution < -0.4 is 0 Å². The molecule has 3 saturated heterocycles. The Morgan fingerprint density at radius 3 is 1.93 bits per heavy atom. The zero-order valence-corrected chi connectivity index (χ0v) is 37.5. The molecular weight excluding hydrogens is 739 g/mol. The number of imide groups is 1. The molecule has 0 spiro atoms. The van der Waals surface area contributed by atoms with Gasteiger partial charge in [0.05, 0.1) is 25.0 Å². The van der Waals surface area contributed by atoms with Gasteiger partial charge in [-0.05, 0) is 68.1 Å². The van der Waals surface area contributed by atoms with E-state index in [0.717, 1.165) is 44.9 Å². The molecule has 12 heteroatoms. The summed E-state index contributed by atoms with van der Waals surface area (Å²) in [7, 11) is 0. The van der Waals surface area contributed by atoms with E-state index >= 15 is 0 Å². The van der Waals surface area contributed by atoms with E-state index in [4.69, 9.17) is 4.74 Å². The normalized spacial score (nSPS) is 27.3. The molecule has 1 aliphatic carbocycles. The van der Waals surface area contributed by atoms with Crippen molar-refractivity contribution < 1.29 is 43.1 Å². The number of Topliss-reactive ketones (excluding diaryl/α,β-unsaturated/α-hetero) is 3. The van der Waals surface area contributed by atoms with Crippen LogP contribution in [0.5, 0.6) is 0 Å². The molecule has 0 unspecified atom stereocenters. The highest BCUT2D eigenvalue weighted by atomic mass is 16.6. The van der Waals surface area contributed by atoms with E-state index in [-0.39, 0.29) is 89.1 Å². The number of carbonyl (C=O) groups is 7. The Hall–Kier alpha value is -3.53. The van der Waals surface area contributed by atoms with Crippen LogP contribution in [0.4, 0.5) is 0 Å². The highest BCUT2D eigenvalue weighted by molar-refractivity contribution is 6.38. The van der Waals surface area contributed by atoms with Crippen LogP contribution in [0.3, 0.4) is 0 Å². The first-order valence-electron chi connectivity index (χ1n) is 21.9. The molecule has 3 amide bonds. The predicted octanol–water partition coefficient (Wildman–Crippen LogP) is 7.77. The molecule has 4 rings (SSSR count). The van der Waals surface area contributed by atoms with Crippen molar-refractivity contribution in [2.24, 2.45) is 44.9 Å². The average molecular weight is 812 g/mol. The third-order valence-corrected chi connectivity index (χ3v) is 12.6. The third kappa shape index (κ3) is 13.5. The van der Waals surface area contributed by atoms with Crippen LogP contribution in [-0.2, 0) is 43.1 Å². The third-order valence-electron chi connectivity index (χ3n) is 12.6. The van der Waals surface area contributed by atoms with Crippen LogP contribution in [0.15, 0.2) is 4.99 Å². The van der Waals surface area contributed by atoms with E-state index in [0.29, 0.717) is 38.6 Å². The second kappa shape index (κ2) is 20.2.